The fourth-order valence-corrected chi connectivity index (χ4v) is 2.91. The summed E-state index contributed by atoms with van der Waals surface area (Å²) in [4.78, 5) is 37.0. The number of nitrogens with zero attached hydrogens (tertiary/aromatic N) is 1. The Morgan fingerprint density at radius 2 is 2.17 bits per heavy atom. The minimum absolute atomic E-state index is 0.0454. The zero-order valence-corrected chi connectivity index (χ0v) is 14.1. The number of likely N-dealkylation sites (tertiary alicyclic amines) is 1. The van der Waals surface area contributed by atoms with Crippen LogP contribution in [0.2, 0.25) is 0 Å². The molecule has 0 bridgehead atoms. The average Bonchev–Trinajstić information content (AvgIpc) is 2.53. The molecule has 1 saturated heterocycles. The summed E-state index contributed by atoms with van der Waals surface area (Å²) in [6.45, 7) is 2.59. The number of nitrogens with one attached hydrogen (secondary N) is 1. The minimum atomic E-state index is -0.934. The van der Waals surface area contributed by atoms with E-state index in [0.717, 1.165) is 11.1 Å². The maximum atomic E-state index is 12.2. The van der Waals surface area contributed by atoms with Gasteiger partial charge in [0.2, 0.25) is 11.8 Å². The van der Waals surface area contributed by atoms with Gasteiger partial charge in [-0.25, -0.2) is 0 Å². The van der Waals surface area contributed by atoms with Crippen LogP contribution < -0.4 is 5.32 Å². The first-order chi connectivity index (χ1) is 11.4. The second-order valence-corrected chi connectivity index (χ2v) is 6.48. The van der Waals surface area contributed by atoms with Gasteiger partial charge in [0.25, 0.3) is 0 Å². The van der Waals surface area contributed by atoms with Gasteiger partial charge in [0.1, 0.15) is 0 Å². The normalized spacial score (nSPS) is 19.0. The highest BCUT2D eigenvalue weighted by atomic mass is 16.4. The van der Waals surface area contributed by atoms with E-state index in [1.165, 1.54) is 0 Å². The molecule has 1 aliphatic heterocycles. The van der Waals surface area contributed by atoms with Gasteiger partial charge in [-0.3, -0.25) is 14.4 Å². The van der Waals surface area contributed by atoms with Crippen LogP contribution in [0.3, 0.4) is 0 Å². The van der Waals surface area contributed by atoms with Crippen LogP contribution >= 0.6 is 0 Å². The van der Waals surface area contributed by atoms with E-state index in [4.69, 9.17) is 0 Å². The number of carboxylic acids is 1. The van der Waals surface area contributed by atoms with Crippen LogP contribution in [-0.2, 0) is 20.8 Å². The van der Waals surface area contributed by atoms with Gasteiger partial charge in [0.05, 0.1) is 5.92 Å². The second-order valence-electron chi connectivity index (χ2n) is 6.48. The van der Waals surface area contributed by atoms with Crippen molar-refractivity contribution in [2.75, 3.05) is 20.1 Å². The number of carbonyl (C=O) groups excluding carboxylic acids is 2. The van der Waals surface area contributed by atoms with E-state index >= 15 is 0 Å². The lowest BCUT2D eigenvalue weighted by atomic mass is 9.94. The van der Waals surface area contributed by atoms with Crippen molar-refractivity contribution in [2.45, 2.75) is 26.2 Å². The molecule has 0 spiro atoms. The summed E-state index contributed by atoms with van der Waals surface area (Å²) < 4.78 is 0. The van der Waals surface area contributed by atoms with Crippen molar-refractivity contribution < 1.29 is 19.5 Å². The van der Waals surface area contributed by atoms with Crippen molar-refractivity contribution >= 4 is 17.8 Å². The van der Waals surface area contributed by atoms with Crippen molar-refractivity contribution in [1.82, 2.24) is 10.2 Å². The quantitative estimate of drug-likeness (QED) is 0.820. The first-order valence-corrected chi connectivity index (χ1v) is 8.17. The van der Waals surface area contributed by atoms with E-state index in [0.29, 0.717) is 19.4 Å². The van der Waals surface area contributed by atoms with Gasteiger partial charge in [0.15, 0.2) is 0 Å². The van der Waals surface area contributed by atoms with Crippen molar-refractivity contribution in [3.63, 3.8) is 0 Å². The molecule has 0 aromatic heterocycles. The molecule has 1 fully saturated rings. The third kappa shape index (κ3) is 4.81. The topological polar surface area (TPSA) is 86.7 Å². The highest BCUT2D eigenvalue weighted by Crippen LogP contribution is 2.17. The molecule has 1 heterocycles. The van der Waals surface area contributed by atoms with Crippen LogP contribution in [0.25, 0.3) is 0 Å². The molecular weight excluding hydrogens is 308 g/mol. The van der Waals surface area contributed by atoms with Gasteiger partial charge in [-0.2, -0.15) is 0 Å². The molecule has 0 radical (unpaired) electrons. The molecule has 0 aliphatic carbocycles. The van der Waals surface area contributed by atoms with Crippen LogP contribution in [0, 0.1) is 18.8 Å². The molecule has 0 unspecified atom stereocenters. The Labute approximate surface area is 141 Å². The van der Waals surface area contributed by atoms with E-state index in [2.05, 4.69) is 5.32 Å². The van der Waals surface area contributed by atoms with Gasteiger partial charge < -0.3 is 15.3 Å². The molecular formula is C18H24N2O4. The van der Waals surface area contributed by atoms with Gasteiger partial charge in [-0.1, -0.05) is 29.8 Å². The Kier molecular flexibility index (Phi) is 5.95. The SMILES string of the molecule is Cc1cccc(C[C@H](CNC(=O)[C@@H]2CCN(C)C(=O)C2)C(=O)O)c1. The Morgan fingerprint density at radius 3 is 2.79 bits per heavy atom. The average molecular weight is 332 g/mol. The Morgan fingerprint density at radius 1 is 1.42 bits per heavy atom. The Hall–Kier alpha value is -2.37. The zero-order valence-electron chi connectivity index (χ0n) is 14.1. The summed E-state index contributed by atoms with van der Waals surface area (Å²) >= 11 is 0. The summed E-state index contributed by atoms with van der Waals surface area (Å²) in [6.07, 6.45) is 1.17. The molecule has 6 heteroatoms. The number of aryl methyl sites for hydroxylation is 1. The minimum Gasteiger partial charge on any atom is -0.481 e. The summed E-state index contributed by atoms with van der Waals surface area (Å²) in [6, 6.07) is 7.69. The van der Waals surface area contributed by atoms with Crippen LogP contribution in [-0.4, -0.2) is 47.9 Å². The third-order valence-corrected chi connectivity index (χ3v) is 4.47. The molecule has 6 nitrogen and oxygen atoms in total. The van der Waals surface area contributed by atoms with E-state index < -0.39 is 11.9 Å². The van der Waals surface area contributed by atoms with Gasteiger partial charge in [0, 0.05) is 32.5 Å². The molecule has 24 heavy (non-hydrogen) atoms. The molecule has 1 aromatic carbocycles. The number of amides is 2. The lowest BCUT2D eigenvalue weighted by molar-refractivity contribution is -0.142. The molecule has 130 valence electrons. The molecule has 1 aliphatic rings. The predicted molar refractivity (Wildman–Crippen MR) is 89.4 cm³/mol. The fraction of sp³-hybridized carbons (Fsp3) is 0.500. The second kappa shape index (κ2) is 7.95. The van der Waals surface area contributed by atoms with Gasteiger partial charge in [-0.05, 0) is 25.3 Å². The Balaban J connectivity index is 1.90. The number of carboxylic acid groups (broad SMARTS) is 1. The van der Waals surface area contributed by atoms with Crippen LogP contribution in [0.4, 0.5) is 0 Å². The van der Waals surface area contributed by atoms with Gasteiger partial charge in [-0.15, -0.1) is 0 Å². The summed E-state index contributed by atoms with van der Waals surface area (Å²) in [5.41, 5.74) is 2.01. The number of hydrogen-bond donors (Lipinski definition) is 2. The highest BCUT2D eigenvalue weighted by Gasteiger charge is 2.29. The van der Waals surface area contributed by atoms with E-state index in [9.17, 15) is 19.5 Å². The number of hydrogen-bond acceptors (Lipinski definition) is 3. The fourth-order valence-electron chi connectivity index (χ4n) is 2.91. The largest absolute Gasteiger partial charge is 0.481 e. The molecule has 2 amide bonds. The summed E-state index contributed by atoms with van der Waals surface area (Å²) in [7, 11) is 1.72. The third-order valence-electron chi connectivity index (χ3n) is 4.47. The van der Waals surface area contributed by atoms with Crippen molar-refractivity contribution in [1.29, 1.82) is 0 Å². The lowest BCUT2D eigenvalue weighted by Gasteiger charge is -2.28. The monoisotopic (exact) mass is 332 g/mol. The molecule has 2 N–H and O–H groups in total. The van der Waals surface area contributed by atoms with Crippen molar-refractivity contribution in [3.05, 3.63) is 35.4 Å². The number of piperidine rings is 1. The van der Waals surface area contributed by atoms with E-state index in [1.807, 2.05) is 31.2 Å². The number of rotatable bonds is 6. The molecule has 2 rings (SSSR count). The van der Waals surface area contributed by atoms with Crippen LogP contribution in [0.5, 0.6) is 0 Å². The number of benzene rings is 1. The lowest BCUT2D eigenvalue weighted by Crippen LogP contribution is -2.43. The number of carbonyl (C=O) groups is 3. The predicted octanol–water partition coefficient (Wildman–Crippen LogP) is 1.22. The maximum absolute atomic E-state index is 12.2. The van der Waals surface area contributed by atoms with Crippen molar-refractivity contribution in [3.8, 4) is 0 Å². The first kappa shape index (κ1) is 18.0. The zero-order chi connectivity index (χ0) is 17.7. The van der Waals surface area contributed by atoms with E-state index in [-0.39, 0.29) is 30.7 Å². The standard InChI is InChI=1S/C18H24N2O4/c1-12-4-3-5-13(8-12)9-15(18(23)24)11-19-17(22)14-6-7-20(2)16(21)10-14/h3-5,8,14-15H,6-7,9-11H2,1-2H3,(H,19,22)(H,23,24)/t14-,15-/m1/s1. The van der Waals surface area contributed by atoms with E-state index in [1.54, 1.807) is 11.9 Å². The highest BCUT2D eigenvalue weighted by molar-refractivity contribution is 5.87. The Bertz CT molecular complexity index is 629. The first-order valence-electron chi connectivity index (χ1n) is 8.17. The molecule has 1 aromatic rings. The van der Waals surface area contributed by atoms with Gasteiger partial charge >= 0.3 is 5.97 Å². The maximum Gasteiger partial charge on any atom is 0.308 e. The molecule has 2 atom stereocenters. The molecule has 0 saturated carbocycles. The summed E-state index contributed by atoms with van der Waals surface area (Å²) in [5, 5.41) is 12.1. The smallest absolute Gasteiger partial charge is 0.308 e. The van der Waals surface area contributed by atoms with Crippen LogP contribution in [0.1, 0.15) is 24.0 Å². The van der Waals surface area contributed by atoms with Crippen LogP contribution in [0.15, 0.2) is 24.3 Å². The van der Waals surface area contributed by atoms with Crippen molar-refractivity contribution in [2.24, 2.45) is 11.8 Å². The number of aliphatic carboxylic acids is 1. The summed E-state index contributed by atoms with van der Waals surface area (Å²) in [5.74, 6) is -2.25.